The van der Waals surface area contributed by atoms with E-state index in [9.17, 15) is 4.79 Å². The first-order chi connectivity index (χ1) is 11.1. The maximum atomic E-state index is 11.6. The number of methoxy groups -OCH3 is 1. The van der Waals surface area contributed by atoms with Crippen molar-refractivity contribution in [3.63, 3.8) is 0 Å². The molecule has 0 spiro atoms. The van der Waals surface area contributed by atoms with Gasteiger partial charge in [-0.05, 0) is 28.8 Å². The van der Waals surface area contributed by atoms with Crippen molar-refractivity contribution < 1.29 is 9.53 Å². The number of carbonyl (C=O) groups excluding carboxylic acids is 1. The van der Waals surface area contributed by atoms with Crippen LogP contribution < -0.4 is 0 Å². The molecular formula is C19H21ClN2O2. The topological polar surface area (TPSA) is 41.9 Å². The second-order valence-corrected chi connectivity index (χ2v) is 5.83. The highest BCUT2D eigenvalue weighted by Crippen LogP contribution is 2.33. The van der Waals surface area contributed by atoms with E-state index in [0.717, 1.165) is 17.8 Å². The zero-order valence-corrected chi connectivity index (χ0v) is 14.8. The normalized spacial score (nSPS) is 15.6. The number of amidine groups is 1. The van der Waals surface area contributed by atoms with Gasteiger partial charge in [0, 0.05) is 20.5 Å². The number of benzene rings is 2. The van der Waals surface area contributed by atoms with Crippen LogP contribution in [0.3, 0.4) is 0 Å². The number of aliphatic imine (C=N–C) groups is 1. The van der Waals surface area contributed by atoms with Crippen LogP contribution in [0.2, 0.25) is 0 Å². The number of hydrogen-bond acceptors (Lipinski definition) is 4. The highest BCUT2D eigenvalue weighted by molar-refractivity contribution is 5.89. The van der Waals surface area contributed by atoms with Crippen molar-refractivity contribution in [1.82, 2.24) is 4.90 Å². The summed E-state index contributed by atoms with van der Waals surface area (Å²) in [4.78, 5) is 18.6. The smallest absolute Gasteiger partial charge is 0.337 e. The number of ether oxygens (including phenoxy) is 1. The summed E-state index contributed by atoms with van der Waals surface area (Å²) >= 11 is 0. The van der Waals surface area contributed by atoms with Crippen molar-refractivity contribution >= 4 is 24.2 Å². The Balaban J connectivity index is 0.00000208. The minimum absolute atomic E-state index is 0. The van der Waals surface area contributed by atoms with Gasteiger partial charge in [-0.3, -0.25) is 4.99 Å². The van der Waals surface area contributed by atoms with Gasteiger partial charge in [0.05, 0.1) is 12.7 Å². The van der Waals surface area contributed by atoms with Crippen LogP contribution in [0.15, 0.2) is 53.5 Å². The van der Waals surface area contributed by atoms with Gasteiger partial charge in [0.15, 0.2) is 0 Å². The largest absolute Gasteiger partial charge is 0.465 e. The molecule has 0 aliphatic carbocycles. The number of fused-ring (bicyclic) bond motifs is 1. The van der Waals surface area contributed by atoms with Gasteiger partial charge in [0.25, 0.3) is 0 Å². The maximum absolute atomic E-state index is 11.6. The van der Waals surface area contributed by atoms with Gasteiger partial charge >= 0.3 is 5.97 Å². The molecule has 1 heterocycles. The summed E-state index contributed by atoms with van der Waals surface area (Å²) in [6.45, 7) is 0. The molecule has 1 aliphatic heterocycles. The van der Waals surface area contributed by atoms with E-state index >= 15 is 0 Å². The van der Waals surface area contributed by atoms with E-state index < -0.39 is 0 Å². The van der Waals surface area contributed by atoms with Gasteiger partial charge in [0.2, 0.25) is 0 Å². The Morgan fingerprint density at radius 2 is 1.79 bits per heavy atom. The summed E-state index contributed by atoms with van der Waals surface area (Å²) in [5.74, 6) is 0.740. The van der Waals surface area contributed by atoms with Gasteiger partial charge < -0.3 is 9.64 Å². The summed E-state index contributed by atoms with van der Waals surface area (Å²) in [7, 11) is 5.43. The molecule has 126 valence electrons. The van der Waals surface area contributed by atoms with E-state index in [1.54, 1.807) is 12.1 Å². The summed E-state index contributed by atoms with van der Waals surface area (Å²) < 4.78 is 4.75. The Kier molecular flexibility index (Phi) is 5.62. The number of nitrogens with zero attached hydrogens (tertiary/aromatic N) is 2. The van der Waals surface area contributed by atoms with Crippen molar-refractivity contribution in [2.45, 2.75) is 12.5 Å². The van der Waals surface area contributed by atoms with Gasteiger partial charge in [-0.2, -0.15) is 0 Å². The average molecular weight is 345 g/mol. The summed E-state index contributed by atoms with van der Waals surface area (Å²) in [6.07, 6.45) is 0.847. The first-order valence-electron chi connectivity index (χ1n) is 7.60. The van der Waals surface area contributed by atoms with Crippen molar-refractivity contribution in [2.24, 2.45) is 4.99 Å². The van der Waals surface area contributed by atoms with Crippen molar-refractivity contribution in [2.75, 3.05) is 21.2 Å². The second-order valence-electron chi connectivity index (χ2n) is 5.83. The molecule has 0 saturated heterocycles. The fraction of sp³-hybridized carbons (Fsp3) is 0.263. The van der Waals surface area contributed by atoms with E-state index in [-0.39, 0.29) is 24.4 Å². The average Bonchev–Trinajstić information content (AvgIpc) is 2.60. The Bertz CT molecular complexity index is 754. The predicted molar refractivity (Wildman–Crippen MR) is 98.1 cm³/mol. The summed E-state index contributed by atoms with van der Waals surface area (Å²) in [6, 6.07) is 15.9. The van der Waals surface area contributed by atoms with Crippen molar-refractivity contribution in [3.8, 4) is 0 Å². The molecule has 24 heavy (non-hydrogen) atoms. The molecule has 0 radical (unpaired) electrons. The van der Waals surface area contributed by atoms with Gasteiger partial charge in [-0.1, -0.05) is 36.4 Å². The van der Waals surface area contributed by atoms with Crippen LogP contribution in [0.25, 0.3) is 0 Å². The second kappa shape index (κ2) is 7.49. The van der Waals surface area contributed by atoms with Crippen LogP contribution in [0.1, 0.15) is 33.1 Å². The molecule has 0 N–H and O–H groups in total. The lowest BCUT2D eigenvalue weighted by Crippen LogP contribution is -2.28. The molecule has 1 atom stereocenters. The standard InChI is InChI=1S/C19H20N2O2.ClH/c1-21(2)17-12-15-6-4-5-7-16(15)18(20-17)13-8-10-14(11-9-13)19(22)23-3;/h4-11,18H,12H2,1-3H3;1H. The van der Waals surface area contributed by atoms with Crippen LogP contribution in [-0.4, -0.2) is 37.9 Å². The van der Waals surface area contributed by atoms with Crippen LogP contribution in [-0.2, 0) is 11.2 Å². The first-order valence-corrected chi connectivity index (χ1v) is 7.60. The molecule has 1 unspecified atom stereocenters. The van der Waals surface area contributed by atoms with Gasteiger partial charge in [0.1, 0.15) is 11.9 Å². The Morgan fingerprint density at radius 3 is 2.42 bits per heavy atom. The number of rotatable bonds is 2. The zero-order valence-electron chi connectivity index (χ0n) is 14.0. The molecule has 3 rings (SSSR count). The first kappa shape index (κ1) is 18.0. The highest BCUT2D eigenvalue weighted by Gasteiger charge is 2.23. The lowest BCUT2D eigenvalue weighted by Gasteiger charge is -2.27. The zero-order chi connectivity index (χ0) is 16.4. The van der Waals surface area contributed by atoms with E-state index in [1.165, 1.54) is 18.2 Å². The van der Waals surface area contributed by atoms with E-state index in [4.69, 9.17) is 9.73 Å². The molecule has 0 saturated carbocycles. The van der Waals surface area contributed by atoms with Crippen LogP contribution in [0.4, 0.5) is 0 Å². The van der Waals surface area contributed by atoms with Gasteiger partial charge in [-0.25, -0.2) is 4.79 Å². The van der Waals surface area contributed by atoms with E-state index in [0.29, 0.717) is 5.56 Å². The third kappa shape index (κ3) is 3.44. The SMILES string of the molecule is COC(=O)c1ccc(C2N=C(N(C)C)Cc3ccccc32)cc1.Cl. The Labute approximate surface area is 148 Å². The number of halogens is 1. The van der Waals surface area contributed by atoms with Crippen molar-refractivity contribution in [3.05, 3.63) is 70.8 Å². The molecular weight excluding hydrogens is 324 g/mol. The Morgan fingerprint density at radius 1 is 1.12 bits per heavy atom. The van der Waals surface area contributed by atoms with Gasteiger partial charge in [-0.15, -0.1) is 12.4 Å². The Hall–Kier alpha value is -2.33. The number of carbonyl (C=O) groups is 1. The molecule has 0 bridgehead atoms. The summed E-state index contributed by atoms with van der Waals surface area (Å²) in [5.41, 5.74) is 4.15. The minimum Gasteiger partial charge on any atom is -0.465 e. The summed E-state index contributed by atoms with van der Waals surface area (Å²) in [5, 5.41) is 0. The van der Waals surface area contributed by atoms with Crippen LogP contribution in [0, 0.1) is 0 Å². The lowest BCUT2D eigenvalue weighted by molar-refractivity contribution is 0.0600. The maximum Gasteiger partial charge on any atom is 0.337 e. The monoisotopic (exact) mass is 344 g/mol. The van der Waals surface area contributed by atoms with E-state index in [2.05, 4.69) is 23.1 Å². The number of likely N-dealkylation sites (N-methyl/N-ethyl adjacent to an activating group) is 1. The molecule has 2 aromatic carbocycles. The number of hydrogen-bond donors (Lipinski definition) is 0. The third-order valence-electron chi connectivity index (χ3n) is 4.14. The fourth-order valence-electron chi connectivity index (χ4n) is 2.84. The molecule has 0 fully saturated rings. The highest BCUT2D eigenvalue weighted by atomic mass is 35.5. The third-order valence-corrected chi connectivity index (χ3v) is 4.14. The lowest BCUT2D eigenvalue weighted by atomic mass is 9.90. The van der Waals surface area contributed by atoms with Crippen molar-refractivity contribution in [1.29, 1.82) is 0 Å². The molecule has 5 heteroatoms. The predicted octanol–water partition coefficient (Wildman–Crippen LogP) is 3.50. The molecule has 1 aliphatic rings. The molecule has 2 aromatic rings. The number of esters is 1. The molecule has 0 amide bonds. The van der Waals surface area contributed by atoms with Crippen LogP contribution >= 0.6 is 12.4 Å². The van der Waals surface area contributed by atoms with E-state index in [1.807, 2.05) is 32.3 Å². The quantitative estimate of drug-likeness (QED) is 0.783. The molecule has 0 aromatic heterocycles. The minimum atomic E-state index is -0.321. The van der Waals surface area contributed by atoms with Crippen LogP contribution in [0.5, 0.6) is 0 Å². The fourth-order valence-corrected chi connectivity index (χ4v) is 2.84. The molecule has 4 nitrogen and oxygen atoms in total.